The van der Waals surface area contributed by atoms with Crippen molar-refractivity contribution >= 4 is 29.5 Å². The number of aromatic amines is 2. The van der Waals surface area contributed by atoms with E-state index in [0.717, 1.165) is 53.0 Å². The summed E-state index contributed by atoms with van der Waals surface area (Å²) in [4.78, 5) is 60.6. The number of amides is 3. The van der Waals surface area contributed by atoms with Crippen molar-refractivity contribution in [1.82, 2.24) is 35.1 Å². The number of nitrogens with one attached hydrogen (secondary N) is 3. The highest BCUT2D eigenvalue weighted by Gasteiger charge is 2.47. The van der Waals surface area contributed by atoms with Gasteiger partial charge in [-0.25, -0.2) is 23.5 Å². The Balaban J connectivity index is 1.04. The van der Waals surface area contributed by atoms with Gasteiger partial charge in [-0.05, 0) is 93.7 Å². The van der Waals surface area contributed by atoms with Gasteiger partial charge < -0.3 is 34.6 Å². The highest BCUT2D eigenvalue weighted by molar-refractivity contribution is 6.31. The number of alkyl carbamates (subject to hydrolysis) is 1. The molecule has 2 aromatic carbocycles. The molecule has 12 nitrogen and oxygen atoms in total. The minimum Gasteiger partial charge on any atom is -0.453 e. The Labute approximate surface area is 367 Å². The van der Waals surface area contributed by atoms with Gasteiger partial charge in [-0.15, -0.1) is 0 Å². The maximum absolute atomic E-state index is 14.4. The van der Waals surface area contributed by atoms with Crippen LogP contribution in [-0.4, -0.2) is 92.0 Å². The molecule has 5 atom stereocenters. The quantitative estimate of drug-likeness (QED) is 0.121. The summed E-state index contributed by atoms with van der Waals surface area (Å²) in [5.74, 6) is -1.68. The molecule has 1 aliphatic carbocycles. The van der Waals surface area contributed by atoms with E-state index in [2.05, 4.69) is 67.2 Å². The van der Waals surface area contributed by atoms with Crippen molar-refractivity contribution in [2.45, 2.75) is 129 Å². The van der Waals surface area contributed by atoms with Gasteiger partial charge in [0.05, 0.1) is 31.1 Å². The van der Waals surface area contributed by atoms with E-state index in [1.165, 1.54) is 7.11 Å². The zero-order chi connectivity index (χ0) is 44.3. The first-order chi connectivity index (χ1) is 29.7. The highest BCUT2D eigenvalue weighted by Crippen LogP contribution is 2.43. The molecule has 3 aliphatic rings. The number of hydrogen-bond acceptors (Lipinski definition) is 7. The summed E-state index contributed by atoms with van der Waals surface area (Å²) in [6, 6.07) is 14.4. The summed E-state index contributed by atoms with van der Waals surface area (Å²) < 4.78 is 38.6. The van der Waals surface area contributed by atoms with Crippen molar-refractivity contribution in [2.75, 3.05) is 20.3 Å². The van der Waals surface area contributed by atoms with E-state index >= 15 is 0 Å². The zero-order valence-corrected chi connectivity index (χ0v) is 37.3. The second-order valence-corrected chi connectivity index (χ2v) is 18.1. The summed E-state index contributed by atoms with van der Waals surface area (Å²) >= 11 is 6.81. The van der Waals surface area contributed by atoms with Crippen molar-refractivity contribution in [3.63, 3.8) is 0 Å². The second kappa shape index (κ2) is 19.3. The summed E-state index contributed by atoms with van der Waals surface area (Å²) in [5, 5.41) is 3.01. The Morgan fingerprint density at radius 1 is 0.968 bits per heavy atom. The number of nitrogens with zero attached hydrogens (tertiary/aromatic N) is 4. The van der Waals surface area contributed by atoms with Crippen LogP contribution >= 0.6 is 11.6 Å². The molecule has 15 heteroatoms. The van der Waals surface area contributed by atoms with Gasteiger partial charge in [-0.1, -0.05) is 74.0 Å². The van der Waals surface area contributed by atoms with Crippen molar-refractivity contribution < 1.29 is 32.6 Å². The maximum atomic E-state index is 14.4. The smallest absolute Gasteiger partial charge is 0.407 e. The molecule has 3 N–H and O–H groups in total. The maximum Gasteiger partial charge on any atom is 0.407 e. The van der Waals surface area contributed by atoms with Crippen LogP contribution in [0.2, 0.25) is 5.15 Å². The monoisotopic (exact) mass is 875 g/mol. The Morgan fingerprint density at radius 3 is 2.18 bits per heavy atom. The predicted molar refractivity (Wildman–Crippen MR) is 234 cm³/mol. The fourth-order valence-corrected chi connectivity index (χ4v) is 9.87. The number of imidazole rings is 2. The third kappa shape index (κ3) is 9.86. The lowest BCUT2D eigenvalue weighted by Gasteiger charge is -2.37. The van der Waals surface area contributed by atoms with Crippen LogP contribution in [-0.2, 0) is 19.1 Å². The van der Waals surface area contributed by atoms with E-state index in [0.29, 0.717) is 48.6 Å². The number of alkyl halides is 2. The molecule has 4 heterocycles. The van der Waals surface area contributed by atoms with Crippen LogP contribution in [0.15, 0.2) is 54.7 Å². The molecule has 7 rings (SSSR count). The topological polar surface area (TPSA) is 146 Å². The van der Waals surface area contributed by atoms with Crippen LogP contribution in [0.3, 0.4) is 0 Å². The van der Waals surface area contributed by atoms with E-state index in [9.17, 15) is 23.2 Å². The highest BCUT2D eigenvalue weighted by atomic mass is 35.5. The minimum atomic E-state index is -2.78. The van der Waals surface area contributed by atoms with Gasteiger partial charge in [-0.3, -0.25) is 9.59 Å². The van der Waals surface area contributed by atoms with Crippen molar-refractivity contribution in [3.8, 4) is 33.6 Å². The average Bonchev–Trinajstić information content (AvgIpc) is 3.99. The van der Waals surface area contributed by atoms with E-state index in [1.54, 1.807) is 4.90 Å². The third-order valence-electron chi connectivity index (χ3n) is 13.4. The third-order valence-corrected chi connectivity index (χ3v) is 13.6. The summed E-state index contributed by atoms with van der Waals surface area (Å²) in [6.07, 6.45) is 4.30. The summed E-state index contributed by atoms with van der Waals surface area (Å²) in [6.45, 7) is 11.7. The number of hydrogen-bond donors (Lipinski definition) is 3. The normalized spacial score (nSPS) is 21.8. The van der Waals surface area contributed by atoms with E-state index < -0.39 is 30.0 Å². The van der Waals surface area contributed by atoms with Gasteiger partial charge >= 0.3 is 6.09 Å². The van der Waals surface area contributed by atoms with Crippen LogP contribution in [0.5, 0.6) is 0 Å². The molecule has 3 amide bonds. The molecule has 2 aromatic heterocycles. The Morgan fingerprint density at radius 2 is 1.58 bits per heavy atom. The lowest BCUT2D eigenvalue weighted by molar-refractivity contribution is -0.140. The Bertz CT molecular complexity index is 2160. The summed E-state index contributed by atoms with van der Waals surface area (Å²) in [7, 11) is 1.21. The second-order valence-electron chi connectivity index (χ2n) is 17.7. The van der Waals surface area contributed by atoms with E-state index in [4.69, 9.17) is 31.0 Å². The number of rotatable bonds is 13. The van der Waals surface area contributed by atoms with Crippen LogP contribution in [0.4, 0.5) is 13.6 Å². The molecule has 1 unspecified atom stereocenters. The van der Waals surface area contributed by atoms with Gasteiger partial charge in [0.15, 0.2) is 0 Å². The molecule has 0 spiro atoms. The molecule has 3 fully saturated rings. The molecule has 0 radical (unpaired) electrons. The SMILES string of the molecule is CC[C@@H](c1ncc(-c2ccc(-c3ccc(-c4nc([C@@H]5CC(C)[C@@H](C)N5C(=O)[C@@H](NC(=O)OC)C5CCC(F)(F)CC5)[nH]c4Cl)cc3)cc2)[nH]1)N(C(=O)CC1CCOCC1)C(C)C. The lowest BCUT2D eigenvalue weighted by Crippen LogP contribution is -2.54. The van der Waals surface area contributed by atoms with Gasteiger partial charge in [0, 0.05) is 50.1 Å². The molecule has 334 valence electrons. The number of carbonyl (C=O) groups is 3. The van der Waals surface area contributed by atoms with E-state index in [-0.39, 0.29) is 61.5 Å². The van der Waals surface area contributed by atoms with Crippen molar-refractivity contribution in [2.24, 2.45) is 17.8 Å². The number of halogens is 3. The first-order valence-corrected chi connectivity index (χ1v) is 22.5. The van der Waals surface area contributed by atoms with Crippen LogP contribution in [0.1, 0.15) is 116 Å². The number of ether oxygens (including phenoxy) is 2. The fourth-order valence-electron chi connectivity index (χ4n) is 9.62. The van der Waals surface area contributed by atoms with Gasteiger partial charge in [0.2, 0.25) is 17.7 Å². The van der Waals surface area contributed by atoms with Crippen LogP contribution < -0.4 is 5.32 Å². The number of aromatic nitrogens is 4. The molecular formula is C47H60ClF2N7O5. The zero-order valence-electron chi connectivity index (χ0n) is 36.6. The molecule has 2 saturated heterocycles. The van der Waals surface area contributed by atoms with Crippen LogP contribution in [0, 0.1) is 17.8 Å². The number of likely N-dealkylation sites (tertiary alicyclic amines) is 1. The van der Waals surface area contributed by atoms with Crippen molar-refractivity contribution in [3.05, 3.63) is 71.5 Å². The lowest BCUT2D eigenvalue weighted by atomic mass is 9.81. The molecule has 0 bridgehead atoms. The van der Waals surface area contributed by atoms with Crippen molar-refractivity contribution in [1.29, 1.82) is 0 Å². The number of H-pyrrole nitrogens is 2. The number of benzene rings is 2. The fraction of sp³-hybridized carbons (Fsp3) is 0.553. The minimum absolute atomic E-state index is 0.0321. The summed E-state index contributed by atoms with van der Waals surface area (Å²) in [5.41, 5.74) is 5.22. The molecule has 4 aromatic rings. The molecular weight excluding hydrogens is 816 g/mol. The average molecular weight is 876 g/mol. The molecule has 62 heavy (non-hydrogen) atoms. The predicted octanol–water partition coefficient (Wildman–Crippen LogP) is 10.1. The van der Waals surface area contributed by atoms with Gasteiger partial charge in [-0.2, -0.15) is 0 Å². The molecule has 2 aliphatic heterocycles. The Hall–Kier alpha value is -4.82. The first-order valence-electron chi connectivity index (χ1n) is 22.1. The van der Waals surface area contributed by atoms with Gasteiger partial charge in [0.25, 0.3) is 0 Å². The standard InChI is InChI=1S/C47H60ClF2N7O5/c1-7-37(56(27(2)3)39(58)25-30-18-22-62-23-19-30)43-51-26-36(52-43)33-12-8-31(9-13-33)32-10-14-34(15-11-32)40-42(48)55-44(53-40)38-24-28(4)29(5)57(38)45(59)41(54-46(60)61-6)35-16-20-47(49,50)21-17-35/h8-15,26-30,35,37-38,41H,7,16-25H2,1-6H3,(H,51,52)(H,53,55)(H,54,60)/t28?,29-,37+,38+,41+/m1/s1. The number of carbonyl (C=O) groups excluding carboxylic acids is 3. The largest absolute Gasteiger partial charge is 0.453 e. The molecule has 1 saturated carbocycles. The van der Waals surface area contributed by atoms with Gasteiger partial charge in [0.1, 0.15) is 28.5 Å². The Kier molecular flexibility index (Phi) is 14.1. The van der Waals surface area contributed by atoms with Crippen LogP contribution in [0.25, 0.3) is 33.6 Å². The number of methoxy groups -OCH3 is 1. The van der Waals surface area contributed by atoms with E-state index in [1.807, 2.05) is 42.3 Å². The first kappa shape index (κ1) is 45.2.